The van der Waals surface area contributed by atoms with E-state index in [0.717, 1.165) is 16.3 Å². The Balaban J connectivity index is 1.26. The van der Waals surface area contributed by atoms with Gasteiger partial charge in [-0.3, -0.25) is 5.32 Å². The second-order valence-electron chi connectivity index (χ2n) is 7.52. The molecule has 1 aromatic heterocycles. The SMILES string of the molecule is O=C1OC(c2cccc3ccccc23)=NC1=CN1CCN(C(=O)Nc2ccccn2)CC1. The molecular weight excluding hydrogens is 406 g/mol. The fourth-order valence-corrected chi connectivity index (χ4v) is 3.78. The van der Waals surface area contributed by atoms with Gasteiger partial charge in [-0.25, -0.2) is 19.6 Å². The van der Waals surface area contributed by atoms with Crippen LogP contribution < -0.4 is 5.32 Å². The van der Waals surface area contributed by atoms with Crippen LogP contribution in [0.15, 0.2) is 83.7 Å². The Kier molecular flexibility index (Phi) is 5.25. The summed E-state index contributed by atoms with van der Waals surface area (Å²) in [6.45, 7) is 2.23. The molecule has 1 saturated heterocycles. The fraction of sp³-hybridized carbons (Fsp3) is 0.167. The summed E-state index contributed by atoms with van der Waals surface area (Å²) in [6, 6.07) is 18.9. The van der Waals surface area contributed by atoms with E-state index in [0.29, 0.717) is 37.9 Å². The van der Waals surface area contributed by atoms with Gasteiger partial charge in [-0.2, -0.15) is 0 Å². The summed E-state index contributed by atoms with van der Waals surface area (Å²) >= 11 is 0. The van der Waals surface area contributed by atoms with Crippen LogP contribution in [0.1, 0.15) is 5.56 Å². The molecule has 0 unspecified atom stereocenters. The number of hydrogen-bond acceptors (Lipinski definition) is 6. The van der Waals surface area contributed by atoms with E-state index >= 15 is 0 Å². The largest absolute Gasteiger partial charge is 0.402 e. The lowest BCUT2D eigenvalue weighted by atomic mass is 10.0. The van der Waals surface area contributed by atoms with Gasteiger partial charge in [0.25, 0.3) is 0 Å². The quantitative estimate of drug-likeness (QED) is 0.512. The van der Waals surface area contributed by atoms with Crippen LogP contribution in [0.5, 0.6) is 0 Å². The lowest BCUT2D eigenvalue weighted by Gasteiger charge is -2.33. The van der Waals surface area contributed by atoms with Gasteiger partial charge >= 0.3 is 12.0 Å². The summed E-state index contributed by atoms with van der Waals surface area (Å²) in [5.41, 5.74) is 1.05. The van der Waals surface area contributed by atoms with Crippen LogP contribution in [0, 0.1) is 0 Å². The first kappa shape index (κ1) is 19.7. The molecule has 1 N–H and O–H groups in total. The van der Waals surface area contributed by atoms with Crippen molar-refractivity contribution in [2.45, 2.75) is 0 Å². The normalized spacial score (nSPS) is 17.4. The number of fused-ring (bicyclic) bond motifs is 1. The van der Waals surface area contributed by atoms with Crippen molar-refractivity contribution in [2.75, 3.05) is 31.5 Å². The first-order chi connectivity index (χ1) is 15.7. The zero-order valence-electron chi connectivity index (χ0n) is 17.3. The van der Waals surface area contributed by atoms with E-state index in [1.165, 1.54) is 0 Å². The molecule has 8 nitrogen and oxygen atoms in total. The molecule has 3 aromatic rings. The molecule has 0 atom stereocenters. The first-order valence-corrected chi connectivity index (χ1v) is 10.4. The van der Waals surface area contributed by atoms with Gasteiger partial charge in [0.05, 0.1) is 0 Å². The number of piperazine rings is 1. The van der Waals surface area contributed by atoms with Gasteiger partial charge in [0.15, 0.2) is 5.70 Å². The monoisotopic (exact) mass is 427 g/mol. The highest BCUT2D eigenvalue weighted by molar-refractivity contribution is 6.16. The molecule has 0 aliphatic carbocycles. The Morgan fingerprint density at radius 1 is 0.969 bits per heavy atom. The van der Waals surface area contributed by atoms with Crippen molar-refractivity contribution in [1.29, 1.82) is 0 Å². The van der Waals surface area contributed by atoms with Gasteiger partial charge in [-0.05, 0) is 29.0 Å². The molecule has 1 fully saturated rings. The summed E-state index contributed by atoms with van der Waals surface area (Å²) in [5.74, 6) is 0.362. The predicted octanol–water partition coefficient (Wildman–Crippen LogP) is 3.23. The minimum Gasteiger partial charge on any atom is -0.402 e. The number of ether oxygens (including phenoxy) is 1. The Morgan fingerprint density at radius 3 is 2.56 bits per heavy atom. The van der Waals surface area contributed by atoms with Crippen LogP contribution >= 0.6 is 0 Å². The third-order valence-corrected chi connectivity index (χ3v) is 5.45. The van der Waals surface area contributed by atoms with Gasteiger partial charge in [-0.15, -0.1) is 0 Å². The molecule has 0 bridgehead atoms. The number of rotatable bonds is 3. The van der Waals surface area contributed by atoms with Gasteiger partial charge in [0.2, 0.25) is 5.90 Å². The molecular formula is C24H21N5O3. The number of carbonyl (C=O) groups excluding carboxylic acids is 2. The van der Waals surface area contributed by atoms with Crippen molar-refractivity contribution in [3.63, 3.8) is 0 Å². The van der Waals surface area contributed by atoms with Crippen molar-refractivity contribution < 1.29 is 14.3 Å². The van der Waals surface area contributed by atoms with E-state index in [1.54, 1.807) is 29.4 Å². The van der Waals surface area contributed by atoms with Crippen molar-refractivity contribution in [3.05, 3.63) is 84.3 Å². The Hall–Kier alpha value is -4.20. The van der Waals surface area contributed by atoms with Gasteiger partial charge in [-0.1, -0.05) is 42.5 Å². The smallest absolute Gasteiger partial charge is 0.365 e. The minimum absolute atomic E-state index is 0.187. The average Bonchev–Trinajstić information content (AvgIpc) is 3.19. The number of aromatic nitrogens is 1. The summed E-state index contributed by atoms with van der Waals surface area (Å²) in [4.78, 5) is 37.1. The Morgan fingerprint density at radius 2 is 1.75 bits per heavy atom. The van der Waals surface area contributed by atoms with Crippen LogP contribution in [0.3, 0.4) is 0 Å². The Bertz CT molecular complexity index is 1230. The highest BCUT2D eigenvalue weighted by atomic mass is 16.6. The molecule has 3 heterocycles. The van der Waals surface area contributed by atoms with E-state index in [4.69, 9.17) is 4.74 Å². The topological polar surface area (TPSA) is 87.1 Å². The summed E-state index contributed by atoms with van der Waals surface area (Å²) < 4.78 is 5.47. The number of aliphatic imine (C=N–C) groups is 1. The van der Waals surface area contributed by atoms with E-state index in [9.17, 15) is 9.59 Å². The summed E-state index contributed by atoms with van der Waals surface area (Å²) in [6.07, 6.45) is 3.35. The minimum atomic E-state index is -0.469. The second kappa shape index (κ2) is 8.50. The zero-order valence-corrected chi connectivity index (χ0v) is 17.3. The first-order valence-electron chi connectivity index (χ1n) is 10.4. The van der Waals surface area contributed by atoms with Crippen molar-refractivity contribution in [2.24, 2.45) is 4.99 Å². The fourth-order valence-electron chi connectivity index (χ4n) is 3.78. The van der Waals surface area contributed by atoms with Crippen molar-refractivity contribution >= 4 is 34.5 Å². The molecule has 0 saturated carbocycles. The number of benzene rings is 2. The molecule has 160 valence electrons. The number of nitrogens with one attached hydrogen (secondary N) is 1. The molecule has 32 heavy (non-hydrogen) atoms. The van der Waals surface area contributed by atoms with Crippen LogP contribution in [0.2, 0.25) is 0 Å². The number of cyclic esters (lactones) is 1. The number of pyridine rings is 1. The number of hydrogen-bond donors (Lipinski definition) is 1. The average molecular weight is 427 g/mol. The lowest BCUT2D eigenvalue weighted by Crippen LogP contribution is -2.48. The van der Waals surface area contributed by atoms with Crippen LogP contribution in [0.25, 0.3) is 10.8 Å². The molecule has 2 aliphatic rings. The molecule has 8 heteroatoms. The Labute approximate surface area is 184 Å². The third-order valence-electron chi connectivity index (χ3n) is 5.45. The van der Waals surface area contributed by atoms with E-state index < -0.39 is 5.97 Å². The molecule has 0 spiro atoms. The maximum Gasteiger partial charge on any atom is 0.365 e. The number of amides is 2. The molecule has 2 amide bonds. The highest BCUT2D eigenvalue weighted by Gasteiger charge is 2.27. The number of anilines is 1. The molecule has 5 rings (SSSR count). The maximum absolute atomic E-state index is 12.4. The number of esters is 1. The van der Waals surface area contributed by atoms with E-state index in [1.807, 2.05) is 53.4 Å². The van der Waals surface area contributed by atoms with Crippen LogP contribution in [0.4, 0.5) is 10.6 Å². The number of urea groups is 1. The van der Waals surface area contributed by atoms with Crippen LogP contribution in [-0.2, 0) is 9.53 Å². The van der Waals surface area contributed by atoms with E-state index in [2.05, 4.69) is 15.3 Å². The standard InChI is InChI=1S/C24H21N5O3/c30-23-20(26-22(32-23)19-9-5-7-17-6-1-2-8-18(17)19)16-28-12-14-29(15-13-28)24(31)27-21-10-3-4-11-25-21/h1-11,16H,12-15H2,(H,25,27,31). The van der Waals surface area contributed by atoms with E-state index in [-0.39, 0.29) is 11.7 Å². The van der Waals surface area contributed by atoms with Gasteiger partial charge in [0, 0.05) is 44.1 Å². The summed E-state index contributed by atoms with van der Waals surface area (Å²) in [7, 11) is 0. The maximum atomic E-state index is 12.4. The molecule has 2 aliphatic heterocycles. The second-order valence-corrected chi connectivity index (χ2v) is 7.52. The van der Waals surface area contributed by atoms with Crippen molar-refractivity contribution in [3.8, 4) is 0 Å². The van der Waals surface area contributed by atoms with Crippen LogP contribution in [-0.4, -0.2) is 58.9 Å². The molecule has 0 radical (unpaired) electrons. The molecule has 2 aromatic carbocycles. The third kappa shape index (κ3) is 4.02. The van der Waals surface area contributed by atoms with Gasteiger partial charge < -0.3 is 14.5 Å². The number of carbonyl (C=O) groups is 2. The number of nitrogens with zero attached hydrogens (tertiary/aromatic N) is 4. The lowest BCUT2D eigenvalue weighted by molar-refractivity contribution is -0.130. The zero-order chi connectivity index (χ0) is 21.9. The predicted molar refractivity (Wildman–Crippen MR) is 121 cm³/mol. The van der Waals surface area contributed by atoms with Crippen molar-refractivity contribution in [1.82, 2.24) is 14.8 Å². The highest BCUT2D eigenvalue weighted by Crippen LogP contribution is 2.24. The summed E-state index contributed by atoms with van der Waals surface area (Å²) in [5, 5.41) is 4.83. The van der Waals surface area contributed by atoms with Gasteiger partial charge in [0.1, 0.15) is 5.82 Å².